The summed E-state index contributed by atoms with van der Waals surface area (Å²) < 4.78 is 52.0. The summed E-state index contributed by atoms with van der Waals surface area (Å²) in [6.07, 6.45) is 1.24. The summed E-state index contributed by atoms with van der Waals surface area (Å²) in [4.78, 5) is 27.6. The van der Waals surface area contributed by atoms with Gasteiger partial charge in [0.05, 0.1) is 15.7 Å². The quantitative estimate of drug-likeness (QED) is 0.640. The van der Waals surface area contributed by atoms with Gasteiger partial charge in [0, 0.05) is 23.7 Å². The Hall–Kier alpha value is -2.52. The summed E-state index contributed by atoms with van der Waals surface area (Å²) >= 11 is 5.55. The first kappa shape index (κ1) is 22.7. The predicted molar refractivity (Wildman–Crippen MR) is 114 cm³/mol. The lowest BCUT2D eigenvalue weighted by molar-refractivity contribution is -0.125. The van der Waals surface area contributed by atoms with Gasteiger partial charge in [-0.15, -0.1) is 0 Å². The van der Waals surface area contributed by atoms with Crippen LogP contribution in [0.1, 0.15) is 35.7 Å². The highest BCUT2D eigenvalue weighted by Gasteiger charge is 2.56. The Kier molecular flexibility index (Phi) is 5.98. The number of fused-ring (bicyclic) bond motifs is 1. The van der Waals surface area contributed by atoms with E-state index in [4.69, 9.17) is 11.6 Å². The number of sulfone groups is 1. The summed E-state index contributed by atoms with van der Waals surface area (Å²) in [7, 11) is -3.49. The summed E-state index contributed by atoms with van der Waals surface area (Å²) in [6.45, 7) is 1.27. The molecule has 1 saturated heterocycles. The Balaban J connectivity index is 1.51. The summed E-state index contributed by atoms with van der Waals surface area (Å²) in [5.41, 5.74) is 0.134. The monoisotopic (exact) mass is 482 g/mol. The Morgan fingerprint density at radius 1 is 1.16 bits per heavy atom. The number of amides is 2. The van der Waals surface area contributed by atoms with Crippen LogP contribution in [-0.2, 0) is 21.2 Å². The average Bonchev–Trinajstić information content (AvgIpc) is 3.44. The van der Waals surface area contributed by atoms with Gasteiger partial charge in [-0.25, -0.2) is 17.2 Å². The molecule has 0 aromatic heterocycles. The topological polar surface area (TPSA) is 83.6 Å². The van der Waals surface area contributed by atoms with Crippen molar-refractivity contribution >= 4 is 33.3 Å². The second kappa shape index (κ2) is 8.44. The van der Waals surface area contributed by atoms with Gasteiger partial charge in [-0.2, -0.15) is 0 Å². The fourth-order valence-corrected chi connectivity index (χ4v) is 5.20. The fraction of sp³-hybridized carbons (Fsp3) is 0.364. The molecule has 0 unspecified atom stereocenters. The van der Waals surface area contributed by atoms with Crippen LogP contribution in [-0.4, -0.2) is 43.0 Å². The zero-order chi connectivity index (χ0) is 23.2. The first-order valence-electron chi connectivity index (χ1n) is 10.2. The first-order chi connectivity index (χ1) is 15.1. The van der Waals surface area contributed by atoms with Gasteiger partial charge in [-0.3, -0.25) is 9.59 Å². The highest BCUT2D eigenvalue weighted by atomic mass is 35.5. The van der Waals surface area contributed by atoms with Gasteiger partial charge in [-0.05, 0) is 49.1 Å². The molecule has 2 amide bonds. The van der Waals surface area contributed by atoms with Crippen LogP contribution >= 0.6 is 11.6 Å². The molecule has 10 heteroatoms. The number of hydrogen-bond acceptors (Lipinski definition) is 4. The van der Waals surface area contributed by atoms with E-state index >= 15 is 0 Å². The van der Waals surface area contributed by atoms with Crippen molar-refractivity contribution in [3.63, 3.8) is 0 Å². The minimum absolute atomic E-state index is 0.0543. The standard InChI is InChI=1S/C22H21ClF2N2O4S/c1-2-32(30,31)15-5-3-4-12(6-15)22(29)27-19-8-13(19)9-20(27)21(28)26-11-14-7-18(25)16(23)10-17(14)24/h3-7,10,13,19-20H,2,8-9,11H2,1H3,(H,26,28)/t13-,19-,20-/m1/s1. The number of benzene rings is 2. The third kappa shape index (κ3) is 4.23. The summed E-state index contributed by atoms with van der Waals surface area (Å²) in [5.74, 6) is -2.33. The van der Waals surface area contributed by atoms with E-state index in [-0.39, 0.29) is 45.3 Å². The van der Waals surface area contributed by atoms with Crippen LogP contribution in [0.2, 0.25) is 5.02 Å². The number of hydrogen-bond donors (Lipinski definition) is 1. The molecule has 32 heavy (non-hydrogen) atoms. The Morgan fingerprint density at radius 3 is 2.62 bits per heavy atom. The van der Waals surface area contributed by atoms with Crippen LogP contribution in [0.4, 0.5) is 8.78 Å². The summed E-state index contributed by atoms with van der Waals surface area (Å²) in [6, 6.07) is 6.70. The predicted octanol–water partition coefficient (Wildman–Crippen LogP) is 3.33. The molecule has 170 valence electrons. The van der Waals surface area contributed by atoms with E-state index in [0.29, 0.717) is 6.42 Å². The first-order valence-corrected chi connectivity index (χ1v) is 12.2. The number of likely N-dealkylation sites (tertiary alicyclic amines) is 1. The Bertz CT molecular complexity index is 1200. The van der Waals surface area contributed by atoms with Gasteiger partial charge in [0.15, 0.2) is 9.84 Å². The van der Waals surface area contributed by atoms with E-state index in [1.807, 2.05) is 0 Å². The number of halogens is 3. The maximum absolute atomic E-state index is 14.0. The normalized spacial score (nSPS) is 21.9. The van der Waals surface area contributed by atoms with E-state index in [9.17, 15) is 26.8 Å². The van der Waals surface area contributed by atoms with Gasteiger partial charge >= 0.3 is 0 Å². The van der Waals surface area contributed by atoms with Crippen LogP contribution < -0.4 is 5.32 Å². The lowest BCUT2D eigenvalue weighted by Gasteiger charge is -2.27. The Labute approximate surface area is 189 Å². The second-order valence-corrected chi connectivity index (χ2v) is 10.7. The van der Waals surface area contributed by atoms with Crippen LogP contribution in [0.3, 0.4) is 0 Å². The lowest BCUT2D eigenvalue weighted by Crippen LogP contribution is -2.47. The van der Waals surface area contributed by atoms with Crippen LogP contribution in [0.25, 0.3) is 0 Å². The van der Waals surface area contributed by atoms with E-state index in [2.05, 4.69) is 5.32 Å². The fourth-order valence-electron chi connectivity index (χ4n) is 4.12. The molecule has 2 aromatic rings. The van der Waals surface area contributed by atoms with Crippen molar-refractivity contribution in [3.8, 4) is 0 Å². The van der Waals surface area contributed by atoms with Crippen LogP contribution in [0, 0.1) is 17.6 Å². The van der Waals surface area contributed by atoms with Crippen LogP contribution in [0.15, 0.2) is 41.3 Å². The molecular weight excluding hydrogens is 462 g/mol. The molecule has 2 fully saturated rings. The van der Waals surface area contributed by atoms with Crippen molar-refractivity contribution in [3.05, 3.63) is 64.2 Å². The number of nitrogens with zero attached hydrogens (tertiary/aromatic N) is 1. The zero-order valence-electron chi connectivity index (χ0n) is 17.1. The highest BCUT2D eigenvalue weighted by molar-refractivity contribution is 7.91. The highest BCUT2D eigenvalue weighted by Crippen LogP contribution is 2.48. The number of carbonyl (C=O) groups is 2. The molecule has 6 nitrogen and oxygen atoms in total. The molecule has 0 spiro atoms. The molecule has 1 aliphatic heterocycles. The van der Waals surface area contributed by atoms with Crippen molar-refractivity contribution in [2.75, 3.05) is 5.75 Å². The van der Waals surface area contributed by atoms with E-state index in [1.165, 1.54) is 36.1 Å². The average molecular weight is 483 g/mol. The molecule has 2 aliphatic rings. The van der Waals surface area contributed by atoms with Crippen LogP contribution in [0.5, 0.6) is 0 Å². The largest absolute Gasteiger partial charge is 0.350 e. The molecule has 0 radical (unpaired) electrons. The second-order valence-electron chi connectivity index (χ2n) is 8.03. The van der Waals surface area contributed by atoms with Gasteiger partial charge in [0.1, 0.15) is 17.7 Å². The molecule has 2 aromatic carbocycles. The van der Waals surface area contributed by atoms with Gasteiger partial charge in [0.25, 0.3) is 5.91 Å². The number of piperidine rings is 1. The molecular formula is C22H21ClF2N2O4S. The minimum Gasteiger partial charge on any atom is -0.350 e. The van der Waals surface area contributed by atoms with Crippen molar-refractivity contribution in [2.45, 2.75) is 43.3 Å². The van der Waals surface area contributed by atoms with Gasteiger partial charge in [-0.1, -0.05) is 24.6 Å². The zero-order valence-corrected chi connectivity index (χ0v) is 18.7. The number of rotatable bonds is 6. The molecule has 3 atom stereocenters. The number of carbonyl (C=O) groups excluding carboxylic acids is 2. The lowest BCUT2D eigenvalue weighted by atomic mass is 10.1. The molecule has 1 heterocycles. The van der Waals surface area contributed by atoms with Gasteiger partial charge in [0.2, 0.25) is 5.91 Å². The third-order valence-electron chi connectivity index (χ3n) is 6.00. The van der Waals surface area contributed by atoms with E-state index < -0.39 is 39.3 Å². The molecule has 1 N–H and O–H groups in total. The van der Waals surface area contributed by atoms with Gasteiger partial charge < -0.3 is 10.2 Å². The van der Waals surface area contributed by atoms with Crippen molar-refractivity contribution in [2.24, 2.45) is 5.92 Å². The van der Waals surface area contributed by atoms with E-state index in [1.54, 1.807) is 0 Å². The number of nitrogens with one attached hydrogen (secondary N) is 1. The molecule has 0 bridgehead atoms. The molecule has 4 rings (SSSR count). The molecule has 1 aliphatic carbocycles. The summed E-state index contributed by atoms with van der Waals surface area (Å²) in [5, 5.41) is 2.22. The van der Waals surface area contributed by atoms with E-state index in [0.717, 1.165) is 18.6 Å². The maximum Gasteiger partial charge on any atom is 0.254 e. The maximum atomic E-state index is 14.0. The smallest absolute Gasteiger partial charge is 0.254 e. The third-order valence-corrected chi connectivity index (χ3v) is 8.03. The van der Waals surface area contributed by atoms with Crippen molar-refractivity contribution in [1.29, 1.82) is 0 Å². The molecule has 1 saturated carbocycles. The minimum atomic E-state index is -3.49. The SMILES string of the molecule is CCS(=O)(=O)c1cccc(C(=O)N2[C@@H](C(=O)NCc3cc(F)c(Cl)cc3F)C[C@H]3C[C@H]32)c1. The van der Waals surface area contributed by atoms with Crippen molar-refractivity contribution in [1.82, 2.24) is 10.2 Å². The van der Waals surface area contributed by atoms with Crippen molar-refractivity contribution < 1.29 is 26.8 Å². The Morgan fingerprint density at radius 2 is 1.91 bits per heavy atom.